The van der Waals surface area contributed by atoms with Gasteiger partial charge in [0.2, 0.25) is 5.88 Å². The number of benzene rings is 1. The number of carbonyl (C=O) groups is 1. The minimum Gasteiger partial charge on any atom is -0.481 e. The molecule has 0 aliphatic rings. The first kappa shape index (κ1) is 14.1. The Labute approximate surface area is 120 Å². The number of nitrogens with zero attached hydrogens (tertiary/aromatic N) is 2. The first-order valence-electron chi connectivity index (χ1n) is 5.62. The van der Waals surface area contributed by atoms with Gasteiger partial charge in [0, 0.05) is 11.8 Å². The highest BCUT2D eigenvalue weighted by molar-refractivity contribution is 6.29. The van der Waals surface area contributed by atoms with Crippen LogP contribution in [0.1, 0.15) is 10.4 Å². The quantitative estimate of drug-likeness (QED) is 0.530. The topological polar surface area (TPSA) is 87.3 Å². The monoisotopic (exact) mass is 293 g/mol. The third-order valence-electron chi connectivity index (χ3n) is 2.61. The summed E-state index contributed by atoms with van der Waals surface area (Å²) in [6.07, 6.45) is 0. The van der Waals surface area contributed by atoms with E-state index in [1.807, 2.05) is 0 Å². The van der Waals surface area contributed by atoms with Crippen LogP contribution in [0.2, 0.25) is 5.15 Å². The first-order chi connectivity index (χ1) is 9.56. The van der Waals surface area contributed by atoms with Gasteiger partial charge in [0.15, 0.2) is 5.82 Å². The van der Waals surface area contributed by atoms with Crippen molar-refractivity contribution in [3.63, 3.8) is 0 Å². The van der Waals surface area contributed by atoms with Gasteiger partial charge in [-0.15, -0.1) is 0 Å². The van der Waals surface area contributed by atoms with Crippen LogP contribution in [0.25, 0.3) is 11.4 Å². The molecule has 104 valence electrons. The Morgan fingerprint density at radius 1 is 1.30 bits per heavy atom. The molecule has 0 amide bonds. The smallest absolute Gasteiger partial charge is 0.338 e. The van der Waals surface area contributed by atoms with Crippen molar-refractivity contribution in [1.82, 2.24) is 9.97 Å². The minimum atomic E-state index is -0.533. The number of nitrogen functional groups attached to an aromatic ring is 1. The van der Waals surface area contributed by atoms with Gasteiger partial charge in [-0.25, -0.2) is 9.78 Å². The third-order valence-corrected chi connectivity index (χ3v) is 2.80. The van der Waals surface area contributed by atoms with Crippen LogP contribution >= 0.6 is 11.6 Å². The number of rotatable bonds is 3. The zero-order valence-corrected chi connectivity index (χ0v) is 11.6. The van der Waals surface area contributed by atoms with Gasteiger partial charge in [-0.3, -0.25) is 0 Å². The Kier molecular flexibility index (Phi) is 4.05. The molecule has 0 aliphatic heterocycles. The molecule has 0 bridgehead atoms. The molecule has 0 spiro atoms. The van der Waals surface area contributed by atoms with E-state index < -0.39 is 5.97 Å². The average molecular weight is 294 g/mol. The Morgan fingerprint density at radius 2 is 2.05 bits per heavy atom. The van der Waals surface area contributed by atoms with E-state index in [9.17, 15) is 4.79 Å². The summed E-state index contributed by atoms with van der Waals surface area (Å²) in [5, 5.41) is 0.186. The number of anilines is 1. The van der Waals surface area contributed by atoms with E-state index in [4.69, 9.17) is 26.8 Å². The zero-order chi connectivity index (χ0) is 14.7. The van der Waals surface area contributed by atoms with Gasteiger partial charge < -0.3 is 15.2 Å². The van der Waals surface area contributed by atoms with E-state index in [-0.39, 0.29) is 22.4 Å². The molecule has 1 heterocycles. The molecule has 7 heteroatoms. The number of aromatic nitrogens is 2. The van der Waals surface area contributed by atoms with E-state index >= 15 is 0 Å². The van der Waals surface area contributed by atoms with Gasteiger partial charge in [0.05, 0.1) is 25.3 Å². The highest BCUT2D eigenvalue weighted by Gasteiger charge is 2.19. The van der Waals surface area contributed by atoms with E-state index in [0.29, 0.717) is 11.3 Å². The minimum absolute atomic E-state index is 0.186. The predicted octanol–water partition coefficient (Wildman–Crippen LogP) is 2.17. The van der Waals surface area contributed by atoms with E-state index in [0.717, 1.165) is 0 Å². The fourth-order valence-electron chi connectivity index (χ4n) is 1.71. The molecule has 0 radical (unpaired) electrons. The van der Waals surface area contributed by atoms with Gasteiger partial charge in [-0.2, -0.15) is 4.98 Å². The Bertz CT molecular complexity index is 661. The number of esters is 1. The van der Waals surface area contributed by atoms with E-state index in [1.54, 1.807) is 18.2 Å². The fraction of sp³-hybridized carbons (Fsp3) is 0.154. The summed E-state index contributed by atoms with van der Waals surface area (Å²) in [6, 6.07) is 6.32. The van der Waals surface area contributed by atoms with Gasteiger partial charge in [0.25, 0.3) is 0 Å². The van der Waals surface area contributed by atoms with Crippen molar-refractivity contribution in [2.45, 2.75) is 0 Å². The maximum Gasteiger partial charge on any atom is 0.338 e. The number of carbonyl (C=O) groups excluding carboxylic acids is 1. The summed E-state index contributed by atoms with van der Waals surface area (Å²) in [4.78, 5) is 20.0. The summed E-state index contributed by atoms with van der Waals surface area (Å²) < 4.78 is 9.76. The Hall–Kier alpha value is -2.34. The number of nitrogens with two attached hydrogens (primary N) is 1. The lowest BCUT2D eigenvalue weighted by atomic mass is 10.0. The van der Waals surface area contributed by atoms with Crippen LogP contribution < -0.4 is 10.5 Å². The summed E-state index contributed by atoms with van der Waals surface area (Å²) >= 11 is 5.91. The summed E-state index contributed by atoms with van der Waals surface area (Å²) in [7, 11) is 2.74. The number of ether oxygens (including phenoxy) is 2. The molecule has 2 rings (SSSR count). The molecule has 0 saturated carbocycles. The van der Waals surface area contributed by atoms with Crippen LogP contribution in [0.3, 0.4) is 0 Å². The molecule has 0 atom stereocenters. The van der Waals surface area contributed by atoms with Crippen LogP contribution in [0.4, 0.5) is 5.69 Å². The van der Waals surface area contributed by atoms with Gasteiger partial charge in [-0.1, -0.05) is 17.7 Å². The molecular formula is C13H12ClN3O3. The maximum absolute atomic E-state index is 11.8. The molecule has 0 saturated heterocycles. The van der Waals surface area contributed by atoms with Crippen molar-refractivity contribution >= 4 is 23.3 Å². The van der Waals surface area contributed by atoms with Crippen LogP contribution in [0, 0.1) is 0 Å². The van der Waals surface area contributed by atoms with Gasteiger partial charge in [-0.05, 0) is 12.1 Å². The summed E-state index contributed by atoms with van der Waals surface area (Å²) in [5.74, 6) is -0.0539. The van der Waals surface area contributed by atoms with Crippen molar-refractivity contribution < 1.29 is 14.3 Å². The second-order valence-electron chi connectivity index (χ2n) is 3.82. The molecule has 1 aromatic heterocycles. The fourth-order valence-corrected chi connectivity index (χ4v) is 1.89. The standard InChI is InChI=1S/C13H12ClN3O3/c1-19-10-6-9(14)16-12(17-10)11-7(13(18)20-2)4-3-5-8(11)15/h3-6H,15H2,1-2H3. The molecule has 6 nitrogen and oxygen atoms in total. The highest BCUT2D eigenvalue weighted by Crippen LogP contribution is 2.30. The van der Waals surface area contributed by atoms with Crippen LogP contribution in [0.15, 0.2) is 24.3 Å². The van der Waals surface area contributed by atoms with E-state index in [1.165, 1.54) is 20.3 Å². The maximum atomic E-state index is 11.8. The number of methoxy groups -OCH3 is 2. The normalized spacial score (nSPS) is 10.2. The van der Waals surface area contributed by atoms with Gasteiger partial charge in [0.1, 0.15) is 5.15 Å². The first-order valence-corrected chi connectivity index (χ1v) is 6.00. The molecule has 0 fully saturated rings. The van der Waals surface area contributed by atoms with Crippen molar-refractivity contribution in [2.75, 3.05) is 20.0 Å². The largest absolute Gasteiger partial charge is 0.481 e. The third kappa shape index (κ3) is 2.65. The lowest BCUT2D eigenvalue weighted by Crippen LogP contribution is -2.07. The second-order valence-corrected chi connectivity index (χ2v) is 4.21. The lowest BCUT2D eigenvalue weighted by Gasteiger charge is -2.10. The van der Waals surface area contributed by atoms with Crippen LogP contribution in [-0.2, 0) is 4.74 Å². The zero-order valence-electron chi connectivity index (χ0n) is 10.9. The molecular weight excluding hydrogens is 282 g/mol. The number of hydrogen-bond donors (Lipinski definition) is 1. The van der Waals surface area contributed by atoms with E-state index in [2.05, 4.69) is 9.97 Å². The Morgan fingerprint density at radius 3 is 2.70 bits per heavy atom. The number of halogens is 1. The molecule has 0 unspecified atom stereocenters. The molecule has 0 aliphatic carbocycles. The van der Waals surface area contributed by atoms with Gasteiger partial charge >= 0.3 is 5.97 Å². The highest BCUT2D eigenvalue weighted by atomic mass is 35.5. The van der Waals surface area contributed by atoms with Crippen molar-refractivity contribution in [3.05, 3.63) is 35.0 Å². The Balaban J connectivity index is 2.68. The molecule has 2 N–H and O–H groups in total. The van der Waals surface area contributed by atoms with Crippen molar-refractivity contribution in [3.8, 4) is 17.3 Å². The van der Waals surface area contributed by atoms with Crippen LogP contribution in [-0.4, -0.2) is 30.2 Å². The lowest BCUT2D eigenvalue weighted by molar-refractivity contribution is 0.0601. The summed E-state index contributed by atoms with van der Waals surface area (Å²) in [6.45, 7) is 0. The predicted molar refractivity (Wildman–Crippen MR) is 74.8 cm³/mol. The molecule has 20 heavy (non-hydrogen) atoms. The average Bonchev–Trinajstić information content (AvgIpc) is 2.45. The number of hydrogen-bond acceptors (Lipinski definition) is 6. The van der Waals surface area contributed by atoms with Crippen LogP contribution in [0.5, 0.6) is 5.88 Å². The second kappa shape index (κ2) is 5.75. The van der Waals surface area contributed by atoms with Crippen molar-refractivity contribution in [1.29, 1.82) is 0 Å². The molecule has 1 aromatic carbocycles. The summed E-state index contributed by atoms with van der Waals surface area (Å²) in [5.41, 5.74) is 6.88. The van der Waals surface area contributed by atoms with Crippen molar-refractivity contribution in [2.24, 2.45) is 0 Å². The molecule has 2 aromatic rings. The SMILES string of the molecule is COC(=O)c1cccc(N)c1-c1nc(Cl)cc(OC)n1.